The van der Waals surface area contributed by atoms with Gasteiger partial charge in [0.15, 0.2) is 5.82 Å². The Hall–Kier alpha value is -0.940. The fourth-order valence-electron chi connectivity index (χ4n) is 1.19. The molecule has 0 atom stereocenters. The van der Waals surface area contributed by atoms with Crippen LogP contribution in [0, 0.1) is 0 Å². The third kappa shape index (κ3) is 4.90. The predicted octanol–water partition coefficient (Wildman–Crippen LogP) is 0.814. The van der Waals surface area contributed by atoms with Crippen molar-refractivity contribution in [3.63, 3.8) is 0 Å². The normalized spacial score (nSPS) is 10.8. The maximum absolute atomic E-state index is 5.44. The molecule has 0 bridgehead atoms. The summed E-state index contributed by atoms with van der Waals surface area (Å²) in [7, 11) is 1.88. The average molecular weight is 212 g/mol. The number of rotatable bonds is 8. The van der Waals surface area contributed by atoms with E-state index in [9.17, 15) is 0 Å². The molecular weight excluding hydrogens is 192 g/mol. The molecule has 0 radical (unpaired) electrons. The van der Waals surface area contributed by atoms with Crippen molar-refractivity contribution < 1.29 is 4.74 Å². The molecule has 1 aromatic heterocycles. The van der Waals surface area contributed by atoms with Crippen LogP contribution in [0.4, 0.5) is 0 Å². The van der Waals surface area contributed by atoms with Crippen LogP contribution in [-0.2, 0) is 17.8 Å². The molecule has 0 amide bonds. The van der Waals surface area contributed by atoms with Crippen molar-refractivity contribution in [2.45, 2.75) is 32.9 Å². The van der Waals surface area contributed by atoms with Crippen molar-refractivity contribution in [2.24, 2.45) is 0 Å². The predicted molar refractivity (Wildman–Crippen MR) is 58.5 cm³/mol. The van der Waals surface area contributed by atoms with E-state index in [1.807, 2.05) is 11.7 Å². The van der Waals surface area contributed by atoms with E-state index in [0.29, 0.717) is 13.2 Å². The lowest BCUT2D eigenvalue weighted by Crippen LogP contribution is -2.10. The molecule has 15 heavy (non-hydrogen) atoms. The quantitative estimate of drug-likeness (QED) is 0.648. The molecular formula is C10H20N4O. The van der Waals surface area contributed by atoms with Crippen LogP contribution in [0.1, 0.15) is 25.6 Å². The van der Waals surface area contributed by atoms with Crippen LogP contribution >= 0.6 is 0 Å². The summed E-state index contributed by atoms with van der Waals surface area (Å²) in [6.07, 6.45) is 4.05. The second-order valence-electron chi connectivity index (χ2n) is 3.42. The molecule has 1 N–H and O–H groups in total. The molecule has 0 aromatic carbocycles. The van der Waals surface area contributed by atoms with E-state index < -0.39 is 0 Å². The number of unbranched alkanes of at least 4 members (excludes halogenated alkanes) is 1. The van der Waals surface area contributed by atoms with Crippen LogP contribution in [0.5, 0.6) is 0 Å². The molecule has 0 spiro atoms. The Kier molecular flexibility index (Phi) is 5.96. The standard InChI is InChI=1S/C10H20N4O/c1-3-4-6-15-7-5-14-9-12-10(13-14)8-11-2/h9,11H,3-8H2,1-2H3. The topological polar surface area (TPSA) is 52.0 Å². The molecule has 0 aliphatic heterocycles. The van der Waals surface area contributed by atoms with Gasteiger partial charge in [-0.3, -0.25) is 4.68 Å². The van der Waals surface area contributed by atoms with Gasteiger partial charge in [0.25, 0.3) is 0 Å². The summed E-state index contributed by atoms with van der Waals surface area (Å²) < 4.78 is 7.26. The van der Waals surface area contributed by atoms with E-state index >= 15 is 0 Å². The second kappa shape index (κ2) is 7.36. The summed E-state index contributed by atoms with van der Waals surface area (Å²) in [5, 5.41) is 7.29. The van der Waals surface area contributed by atoms with Gasteiger partial charge in [-0.2, -0.15) is 5.10 Å². The zero-order valence-electron chi connectivity index (χ0n) is 9.57. The molecule has 5 nitrogen and oxygen atoms in total. The molecule has 0 unspecified atom stereocenters. The Balaban J connectivity index is 2.14. The highest BCUT2D eigenvalue weighted by Crippen LogP contribution is 1.91. The molecule has 5 heteroatoms. The van der Waals surface area contributed by atoms with E-state index in [1.54, 1.807) is 6.33 Å². The maximum atomic E-state index is 5.44. The number of hydrogen-bond donors (Lipinski definition) is 1. The minimum absolute atomic E-state index is 0.711. The lowest BCUT2D eigenvalue weighted by atomic mass is 10.4. The van der Waals surface area contributed by atoms with Crippen LogP contribution in [0.15, 0.2) is 6.33 Å². The first-order valence-electron chi connectivity index (χ1n) is 5.47. The zero-order chi connectivity index (χ0) is 10.9. The van der Waals surface area contributed by atoms with Gasteiger partial charge in [-0.05, 0) is 13.5 Å². The lowest BCUT2D eigenvalue weighted by molar-refractivity contribution is 0.121. The molecule has 0 aliphatic rings. The van der Waals surface area contributed by atoms with E-state index in [-0.39, 0.29) is 0 Å². The number of aromatic nitrogens is 3. The van der Waals surface area contributed by atoms with Gasteiger partial charge in [0, 0.05) is 6.61 Å². The molecule has 0 saturated heterocycles. The van der Waals surface area contributed by atoms with Gasteiger partial charge < -0.3 is 10.1 Å². The Bertz CT molecular complexity index is 262. The van der Waals surface area contributed by atoms with Crippen molar-refractivity contribution in [1.29, 1.82) is 0 Å². The van der Waals surface area contributed by atoms with Crippen molar-refractivity contribution in [3.8, 4) is 0 Å². The lowest BCUT2D eigenvalue weighted by Gasteiger charge is -2.02. The van der Waals surface area contributed by atoms with Gasteiger partial charge in [0.1, 0.15) is 6.33 Å². The summed E-state index contributed by atoms with van der Waals surface area (Å²) in [5.41, 5.74) is 0. The molecule has 0 aliphatic carbocycles. The Morgan fingerprint density at radius 2 is 2.33 bits per heavy atom. The fraction of sp³-hybridized carbons (Fsp3) is 0.800. The minimum atomic E-state index is 0.711. The van der Waals surface area contributed by atoms with E-state index in [1.165, 1.54) is 6.42 Å². The van der Waals surface area contributed by atoms with Crippen molar-refractivity contribution in [1.82, 2.24) is 20.1 Å². The van der Waals surface area contributed by atoms with Gasteiger partial charge in [-0.15, -0.1) is 0 Å². The van der Waals surface area contributed by atoms with Crippen LogP contribution in [0.2, 0.25) is 0 Å². The number of nitrogens with one attached hydrogen (secondary N) is 1. The van der Waals surface area contributed by atoms with Gasteiger partial charge in [-0.1, -0.05) is 13.3 Å². The Morgan fingerprint density at radius 1 is 1.47 bits per heavy atom. The highest BCUT2D eigenvalue weighted by atomic mass is 16.5. The highest BCUT2D eigenvalue weighted by molar-refractivity contribution is 4.79. The Morgan fingerprint density at radius 3 is 3.07 bits per heavy atom. The first-order valence-corrected chi connectivity index (χ1v) is 5.47. The Labute approximate surface area is 90.8 Å². The smallest absolute Gasteiger partial charge is 0.164 e. The SMILES string of the molecule is CCCCOCCn1cnc(CNC)n1. The van der Waals surface area contributed by atoms with Crippen molar-refractivity contribution >= 4 is 0 Å². The van der Waals surface area contributed by atoms with Crippen molar-refractivity contribution in [3.05, 3.63) is 12.2 Å². The largest absolute Gasteiger partial charge is 0.380 e. The minimum Gasteiger partial charge on any atom is -0.380 e. The number of ether oxygens (including phenoxy) is 1. The van der Waals surface area contributed by atoms with Crippen LogP contribution in [0.25, 0.3) is 0 Å². The summed E-state index contributed by atoms with van der Waals surface area (Å²) in [5.74, 6) is 0.825. The number of nitrogens with zero attached hydrogens (tertiary/aromatic N) is 3. The third-order valence-electron chi connectivity index (χ3n) is 2.03. The maximum Gasteiger partial charge on any atom is 0.164 e. The molecule has 1 rings (SSSR count). The van der Waals surface area contributed by atoms with Gasteiger partial charge in [0.2, 0.25) is 0 Å². The van der Waals surface area contributed by atoms with Crippen molar-refractivity contribution in [2.75, 3.05) is 20.3 Å². The first kappa shape index (κ1) is 12.1. The van der Waals surface area contributed by atoms with Gasteiger partial charge >= 0.3 is 0 Å². The number of hydrogen-bond acceptors (Lipinski definition) is 4. The van der Waals surface area contributed by atoms with E-state index in [2.05, 4.69) is 22.3 Å². The summed E-state index contributed by atoms with van der Waals surface area (Å²) in [6.45, 7) is 5.20. The second-order valence-corrected chi connectivity index (χ2v) is 3.42. The van der Waals surface area contributed by atoms with Crippen LogP contribution in [0.3, 0.4) is 0 Å². The highest BCUT2D eigenvalue weighted by Gasteiger charge is 1.98. The van der Waals surface area contributed by atoms with Gasteiger partial charge in [0.05, 0.1) is 19.7 Å². The van der Waals surface area contributed by atoms with Gasteiger partial charge in [-0.25, -0.2) is 4.98 Å². The zero-order valence-corrected chi connectivity index (χ0v) is 9.57. The summed E-state index contributed by atoms with van der Waals surface area (Å²) >= 11 is 0. The molecule has 0 saturated carbocycles. The summed E-state index contributed by atoms with van der Waals surface area (Å²) in [6, 6.07) is 0. The molecule has 1 heterocycles. The average Bonchev–Trinajstić information content (AvgIpc) is 2.66. The van der Waals surface area contributed by atoms with Crippen LogP contribution in [-0.4, -0.2) is 35.0 Å². The van der Waals surface area contributed by atoms with Crippen LogP contribution < -0.4 is 5.32 Å². The monoisotopic (exact) mass is 212 g/mol. The summed E-state index contributed by atoms with van der Waals surface area (Å²) in [4.78, 5) is 4.15. The van der Waals surface area contributed by atoms with E-state index in [4.69, 9.17) is 4.74 Å². The molecule has 86 valence electrons. The molecule has 0 fully saturated rings. The fourth-order valence-corrected chi connectivity index (χ4v) is 1.19. The molecule has 1 aromatic rings. The third-order valence-corrected chi connectivity index (χ3v) is 2.03. The first-order chi connectivity index (χ1) is 7.36. The van der Waals surface area contributed by atoms with E-state index in [0.717, 1.165) is 25.4 Å².